The number of nitrogens with zero attached hydrogens (tertiary/aromatic N) is 2. The molecular formula is C15H21N3O2S. The molecule has 6 heteroatoms. The van der Waals surface area contributed by atoms with Gasteiger partial charge in [-0.25, -0.2) is 0 Å². The predicted molar refractivity (Wildman–Crippen MR) is 88.0 cm³/mol. The Hall–Kier alpha value is -1.82. The third-order valence-corrected chi connectivity index (χ3v) is 3.80. The van der Waals surface area contributed by atoms with Gasteiger partial charge in [0.05, 0.1) is 5.56 Å². The number of thiocarbonyl (C=S) groups is 1. The fourth-order valence-electron chi connectivity index (χ4n) is 2.48. The maximum absolute atomic E-state index is 10.2. The number of aromatic hydroxyl groups is 2. The van der Waals surface area contributed by atoms with Gasteiger partial charge in [0.1, 0.15) is 17.7 Å². The fraction of sp³-hybridized carbons (Fsp3) is 0.467. The van der Waals surface area contributed by atoms with Gasteiger partial charge in [-0.3, -0.25) is 5.43 Å². The van der Waals surface area contributed by atoms with E-state index in [-0.39, 0.29) is 29.6 Å². The number of amidine groups is 1. The second-order valence-electron chi connectivity index (χ2n) is 5.73. The Morgan fingerprint density at radius 2 is 1.90 bits per heavy atom. The normalized spacial score (nSPS) is 18.1. The van der Waals surface area contributed by atoms with Gasteiger partial charge in [0, 0.05) is 17.5 Å². The second kappa shape index (κ2) is 5.89. The molecule has 1 aliphatic heterocycles. The van der Waals surface area contributed by atoms with E-state index in [0.29, 0.717) is 11.4 Å². The van der Waals surface area contributed by atoms with Crippen molar-refractivity contribution in [1.29, 1.82) is 0 Å². The summed E-state index contributed by atoms with van der Waals surface area (Å²) in [5.74, 6) is 0.886. The Kier molecular flexibility index (Phi) is 4.37. The maximum atomic E-state index is 10.2. The number of hydrogen-bond acceptors (Lipinski definition) is 6. The van der Waals surface area contributed by atoms with E-state index in [0.717, 1.165) is 5.56 Å². The number of hydrazone groups is 1. The molecule has 21 heavy (non-hydrogen) atoms. The summed E-state index contributed by atoms with van der Waals surface area (Å²) in [7, 11) is 0. The minimum absolute atomic E-state index is 0.00752. The van der Waals surface area contributed by atoms with Crippen molar-refractivity contribution in [2.75, 3.05) is 0 Å². The van der Waals surface area contributed by atoms with Crippen LogP contribution in [0.25, 0.3) is 0 Å². The van der Waals surface area contributed by atoms with E-state index >= 15 is 0 Å². The van der Waals surface area contributed by atoms with E-state index in [1.54, 1.807) is 11.4 Å². The van der Waals surface area contributed by atoms with Gasteiger partial charge >= 0.3 is 0 Å². The van der Waals surface area contributed by atoms with E-state index in [1.165, 1.54) is 6.07 Å². The van der Waals surface area contributed by atoms with Crippen LogP contribution in [0.1, 0.15) is 44.7 Å². The van der Waals surface area contributed by atoms with Crippen LogP contribution in [-0.4, -0.2) is 38.5 Å². The van der Waals surface area contributed by atoms with Gasteiger partial charge in [-0.2, -0.15) is 5.10 Å². The molecule has 0 radical (unpaired) electrons. The van der Waals surface area contributed by atoms with Crippen molar-refractivity contribution in [3.63, 3.8) is 0 Å². The molecule has 1 heterocycles. The first kappa shape index (κ1) is 15.6. The summed E-state index contributed by atoms with van der Waals surface area (Å²) in [5.41, 5.74) is 4.33. The van der Waals surface area contributed by atoms with Crippen LogP contribution >= 0.6 is 12.2 Å². The molecule has 0 saturated heterocycles. The van der Waals surface area contributed by atoms with Crippen LogP contribution in [-0.2, 0) is 0 Å². The number of nitrogens with one attached hydrogen (secondary N) is 1. The standard InChI is InChI=1S/C15H21N3O2S/c1-8(2)10-5-11(13(20)6-12(10)19)15-17-16-14(7-21)18(15)9(3)4/h5-9,14,16,19-20H,1-4H3. The molecule has 0 fully saturated rings. The smallest absolute Gasteiger partial charge is 0.161 e. The number of rotatable bonds is 4. The van der Waals surface area contributed by atoms with Gasteiger partial charge in [0.15, 0.2) is 5.84 Å². The third-order valence-electron chi connectivity index (χ3n) is 3.54. The maximum Gasteiger partial charge on any atom is 0.161 e. The molecule has 1 aliphatic rings. The zero-order valence-corrected chi connectivity index (χ0v) is 13.5. The van der Waals surface area contributed by atoms with Gasteiger partial charge < -0.3 is 15.1 Å². The number of phenolic OH excluding ortho intramolecular Hbond substituents is 2. The first-order valence-electron chi connectivity index (χ1n) is 6.99. The highest BCUT2D eigenvalue weighted by molar-refractivity contribution is 7.79. The summed E-state index contributed by atoms with van der Waals surface area (Å²) in [6.45, 7) is 8.06. The zero-order chi connectivity index (χ0) is 15.7. The summed E-state index contributed by atoms with van der Waals surface area (Å²) < 4.78 is 0. The topological polar surface area (TPSA) is 68.1 Å². The molecule has 0 spiro atoms. The van der Waals surface area contributed by atoms with Crippen molar-refractivity contribution in [1.82, 2.24) is 10.3 Å². The largest absolute Gasteiger partial charge is 0.508 e. The van der Waals surface area contributed by atoms with Crippen molar-refractivity contribution in [3.8, 4) is 11.5 Å². The van der Waals surface area contributed by atoms with Crippen molar-refractivity contribution < 1.29 is 10.2 Å². The molecule has 0 aromatic heterocycles. The Morgan fingerprint density at radius 1 is 1.24 bits per heavy atom. The van der Waals surface area contributed by atoms with Gasteiger partial charge in [-0.1, -0.05) is 26.1 Å². The second-order valence-corrected chi connectivity index (χ2v) is 6.00. The molecule has 114 valence electrons. The van der Waals surface area contributed by atoms with E-state index < -0.39 is 0 Å². The minimum Gasteiger partial charge on any atom is -0.508 e. The molecular weight excluding hydrogens is 286 g/mol. The Morgan fingerprint density at radius 3 is 2.43 bits per heavy atom. The predicted octanol–water partition coefficient (Wildman–Crippen LogP) is 2.52. The quantitative estimate of drug-likeness (QED) is 0.746. The molecule has 3 N–H and O–H groups in total. The lowest BCUT2D eigenvalue weighted by molar-refractivity contribution is 0.317. The highest BCUT2D eigenvalue weighted by atomic mass is 32.1. The average Bonchev–Trinajstić information content (AvgIpc) is 2.82. The fourth-order valence-corrected chi connectivity index (χ4v) is 2.67. The van der Waals surface area contributed by atoms with Gasteiger partial charge in [0.25, 0.3) is 0 Å². The van der Waals surface area contributed by atoms with E-state index in [4.69, 9.17) is 12.2 Å². The number of hydrogen-bond donors (Lipinski definition) is 3. The van der Waals surface area contributed by atoms with Gasteiger partial charge in [-0.05, 0) is 31.4 Å². The molecule has 1 atom stereocenters. The zero-order valence-electron chi connectivity index (χ0n) is 12.7. The van der Waals surface area contributed by atoms with E-state index in [2.05, 4.69) is 10.5 Å². The van der Waals surface area contributed by atoms with Crippen LogP contribution in [0.5, 0.6) is 11.5 Å². The molecule has 5 nitrogen and oxygen atoms in total. The van der Waals surface area contributed by atoms with Crippen LogP contribution in [0.3, 0.4) is 0 Å². The average molecular weight is 307 g/mol. The van der Waals surface area contributed by atoms with Gasteiger partial charge in [-0.15, -0.1) is 0 Å². The third kappa shape index (κ3) is 2.81. The first-order valence-corrected chi connectivity index (χ1v) is 7.47. The Balaban J connectivity index is 2.51. The van der Waals surface area contributed by atoms with Crippen LogP contribution in [0, 0.1) is 0 Å². The summed E-state index contributed by atoms with van der Waals surface area (Å²) in [4.78, 5) is 2.00. The van der Waals surface area contributed by atoms with Gasteiger partial charge in [0.2, 0.25) is 0 Å². The number of benzene rings is 1. The highest BCUT2D eigenvalue weighted by Gasteiger charge is 2.31. The van der Waals surface area contributed by atoms with Crippen molar-refractivity contribution in [2.24, 2.45) is 5.10 Å². The Bertz CT molecular complexity index is 585. The van der Waals surface area contributed by atoms with Crippen LogP contribution in [0.4, 0.5) is 0 Å². The Labute approximate surface area is 130 Å². The lowest BCUT2D eigenvalue weighted by Crippen LogP contribution is -2.45. The van der Waals surface area contributed by atoms with Crippen molar-refractivity contribution in [2.45, 2.75) is 45.8 Å². The van der Waals surface area contributed by atoms with Crippen molar-refractivity contribution in [3.05, 3.63) is 23.3 Å². The van der Waals surface area contributed by atoms with Crippen LogP contribution < -0.4 is 5.43 Å². The molecule has 1 unspecified atom stereocenters. The molecule has 0 bridgehead atoms. The lowest BCUT2D eigenvalue weighted by Gasteiger charge is -2.29. The van der Waals surface area contributed by atoms with E-state index in [9.17, 15) is 10.2 Å². The lowest BCUT2D eigenvalue weighted by atomic mass is 9.98. The van der Waals surface area contributed by atoms with Crippen LogP contribution in [0.15, 0.2) is 17.2 Å². The molecule has 0 saturated carbocycles. The van der Waals surface area contributed by atoms with E-state index in [1.807, 2.05) is 32.6 Å². The monoisotopic (exact) mass is 307 g/mol. The summed E-state index contributed by atoms with van der Waals surface area (Å²) in [5, 5.41) is 26.0. The minimum atomic E-state index is -0.175. The molecule has 2 rings (SSSR count). The summed E-state index contributed by atoms with van der Waals surface area (Å²) in [6.07, 6.45) is -0.175. The molecule has 1 aromatic rings. The summed E-state index contributed by atoms with van der Waals surface area (Å²) >= 11 is 5.03. The first-order chi connectivity index (χ1) is 9.86. The van der Waals surface area contributed by atoms with Crippen molar-refractivity contribution >= 4 is 23.4 Å². The number of phenols is 2. The molecule has 0 amide bonds. The van der Waals surface area contributed by atoms with Crippen LogP contribution in [0.2, 0.25) is 0 Å². The SMILES string of the molecule is CC(C)c1cc(C2=NNC(C=S)N2C(C)C)c(O)cc1O. The highest BCUT2D eigenvalue weighted by Crippen LogP contribution is 2.34. The summed E-state index contributed by atoms with van der Waals surface area (Å²) in [6, 6.07) is 3.33. The molecule has 1 aromatic carbocycles. The molecule has 0 aliphatic carbocycles.